The number of thiophene rings is 1. The molecule has 0 spiro atoms. The molecule has 124 valence electrons. The van der Waals surface area contributed by atoms with Crippen molar-refractivity contribution in [1.82, 2.24) is 14.9 Å². The molecule has 0 atom stereocenters. The van der Waals surface area contributed by atoms with E-state index in [4.69, 9.17) is 0 Å². The fraction of sp³-hybridized carbons (Fsp3) is 0.643. The lowest BCUT2D eigenvalue weighted by molar-refractivity contribution is 0.219. The fourth-order valence-electron chi connectivity index (χ4n) is 2.34. The summed E-state index contributed by atoms with van der Waals surface area (Å²) in [5.74, 6) is 0. The zero-order valence-electron chi connectivity index (χ0n) is 13.1. The third-order valence-corrected chi connectivity index (χ3v) is 6.64. The number of carbonyl (C=O) groups is 1. The van der Waals surface area contributed by atoms with Crippen LogP contribution in [-0.4, -0.2) is 43.4 Å². The molecular weight excluding hydrogens is 322 g/mol. The summed E-state index contributed by atoms with van der Waals surface area (Å²) >= 11 is 1.23. The summed E-state index contributed by atoms with van der Waals surface area (Å²) in [6, 6.07) is 3.17. The highest BCUT2D eigenvalue weighted by Gasteiger charge is 2.30. The molecule has 1 aromatic heterocycles. The smallest absolute Gasteiger partial charge is 0.315 e. The van der Waals surface area contributed by atoms with Gasteiger partial charge in [0.15, 0.2) is 0 Å². The highest BCUT2D eigenvalue weighted by Crippen LogP contribution is 2.24. The number of piperidine rings is 1. The van der Waals surface area contributed by atoms with Crippen LogP contribution in [-0.2, 0) is 10.0 Å². The number of nitrogens with zero attached hydrogens (tertiary/aromatic N) is 1. The number of hydrogen-bond donors (Lipinski definition) is 2. The van der Waals surface area contributed by atoms with Gasteiger partial charge in [0, 0.05) is 24.7 Å². The second kappa shape index (κ2) is 6.55. The molecule has 1 aromatic rings. The second-order valence-corrected chi connectivity index (χ2v) is 9.57. The number of carbonyl (C=O) groups excluding carboxylic acids is 1. The SMILES string of the molecule is CC(C)(C)NC(=O)NC1CCN(S(=O)(=O)c2cccs2)CC1. The zero-order chi connectivity index (χ0) is 16.4. The Morgan fingerprint density at radius 2 is 1.95 bits per heavy atom. The monoisotopic (exact) mass is 345 g/mol. The van der Waals surface area contributed by atoms with E-state index in [2.05, 4.69) is 10.6 Å². The molecule has 2 rings (SSSR count). The number of nitrogens with one attached hydrogen (secondary N) is 2. The molecule has 0 aliphatic carbocycles. The van der Waals surface area contributed by atoms with Crippen LogP contribution in [0.15, 0.2) is 21.7 Å². The molecule has 0 bridgehead atoms. The molecule has 0 saturated carbocycles. The third-order valence-electron chi connectivity index (χ3n) is 3.37. The minimum atomic E-state index is -3.38. The van der Waals surface area contributed by atoms with Gasteiger partial charge in [0.2, 0.25) is 0 Å². The largest absolute Gasteiger partial charge is 0.335 e. The van der Waals surface area contributed by atoms with Crippen molar-refractivity contribution < 1.29 is 13.2 Å². The Bertz CT molecular complexity index is 598. The summed E-state index contributed by atoms with van der Waals surface area (Å²) in [6.07, 6.45) is 1.25. The maximum Gasteiger partial charge on any atom is 0.315 e. The van der Waals surface area contributed by atoms with Crippen LogP contribution in [0.1, 0.15) is 33.6 Å². The first-order valence-corrected chi connectivity index (χ1v) is 9.63. The van der Waals surface area contributed by atoms with E-state index >= 15 is 0 Å². The minimum Gasteiger partial charge on any atom is -0.335 e. The zero-order valence-corrected chi connectivity index (χ0v) is 14.8. The quantitative estimate of drug-likeness (QED) is 0.879. The Morgan fingerprint density at radius 3 is 2.45 bits per heavy atom. The van der Waals surface area contributed by atoms with Gasteiger partial charge in [-0.3, -0.25) is 0 Å². The van der Waals surface area contributed by atoms with Crippen LogP contribution in [0.25, 0.3) is 0 Å². The van der Waals surface area contributed by atoms with E-state index < -0.39 is 10.0 Å². The van der Waals surface area contributed by atoms with Crippen molar-refractivity contribution in [1.29, 1.82) is 0 Å². The topological polar surface area (TPSA) is 78.5 Å². The van der Waals surface area contributed by atoms with Crippen LogP contribution < -0.4 is 10.6 Å². The fourth-order valence-corrected chi connectivity index (χ4v) is 4.95. The van der Waals surface area contributed by atoms with E-state index in [1.807, 2.05) is 20.8 Å². The van der Waals surface area contributed by atoms with Gasteiger partial charge >= 0.3 is 6.03 Å². The van der Waals surface area contributed by atoms with Gasteiger partial charge in [-0.05, 0) is 45.1 Å². The van der Waals surface area contributed by atoms with Crippen LogP contribution in [0.5, 0.6) is 0 Å². The van der Waals surface area contributed by atoms with E-state index in [-0.39, 0.29) is 17.6 Å². The molecule has 1 saturated heterocycles. The van der Waals surface area contributed by atoms with Gasteiger partial charge in [-0.1, -0.05) is 6.07 Å². The van der Waals surface area contributed by atoms with Gasteiger partial charge < -0.3 is 10.6 Å². The molecule has 0 unspecified atom stereocenters. The van der Waals surface area contributed by atoms with Crippen molar-refractivity contribution in [2.45, 2.75) is 49.4 Å². The van der Waals surface area contributed by atoms with Crippen LogP contribution in [0.4, 0.5) is 4.79 Å². The van der Waals surface area contributed by atoms with Crippen LogP contribution >= 0.6 is 11.3 Å². The Kier molecular flexibility index (Phi) is 5.14. The highest BCUT2D eigenvalue weighted by molar-refractivity contribution is 7.91. The molecule has 6 nitrogen and oxygen atoms in total. The first kappa shape index (κ1) is 17.2. The average Bonchev–Trinajstić information content (AvgIpc) is 2.91. The third kappa shape index (κ3) is 4.44. The molecule has 0 aromatic carbocycles. The van der Waals surface area contributed by atoms with Gasteiger partial charge in [-0.25, -0.2) is 13.2 Å². The van der Waals surface area contributed by atoms with Crippen molar-refractivity contribution >= 4 is 27.4 Å². The van der Waals surface area contributed by atoms with E-state index in [0.29, 0.717) is 30.1 Å². The van der Waals surface area contributed by atoms with Gasteiger partial charge in [0.1, 0.15) is 4.21 Å². The average molecular weight is 345 g/mol. The van der Waals surface area contributed by atoms with E-state index in [9.17, 15) is 13.2 Å². The molecule has 0 radical (unpaired) electrons. The second-order valence-electron chi connectivity index (χ2n) is 6.46. The Hall–Kier alpha value is -1.12. The number of amides is 2. The van der Waals surface area contributed by atoms with E-state index in [0.717, 1.165) is 0 Å². The maximum absolute atomic E-state index is 12.4. The molecule has 2 amide bonds. The number of sulfonamides is 1. The van der Waals surface area contributed by atoms with Gasteiger partial charge in [-0.2, -0.15) is 4.31 Å². The molecule has 8 heteroatoms. The first-order valence-electron chi connectivity index (χ1n) is 7.31. The number of hydrogen-bond acceptors (Lipinski definition) is 4. The molecule has 1 fully saturated rings. The predicted octanol–water partition coefficient (Wildman–Crippen LogP) is 2.00. The van der Waals surface area contributed by atoms with Crippen molar-refractivity contribution in [2.24, 2.45) is 0 Å². The Labute approximate surface area is 135 Å². The molecule has 2 heterocycles. The summed E-state index contributed by atoms with van der Waals surface area (Å²) in [7, 11) is -3.38. The summed E-state index contributed by atoms with van der Waals surface area (Å²) in [4.78, 5) is 11.8. The van der Waals surface area contributed by atoms with Crippen LogP contribution in [0, 0.1) is 0 Å². The lowest BCUT2D eigenvalue weighted by Gasteiger charge is -2.32. The van der Waals surface area contributed by atoms with Gasteiger partial charge in [0.05, 0.1) is 0 Å². The summed E-state index contributed by atoms with van der Waals surface area (Å²) in [5, 5.41) is 7.53. The normalized spacial score (nSPS) is 18.1. The Morgan fingerprint density at radius 1 is 1.32 bits per heavy atom. The summed E-state index contributed by atoms with van der Waals surface area (Å²) < 4.78 is 26.7. The van der Waals surface area contributed by atoms with Crippen LogP contribution in [0.2, 0.25) is 0 Å². The van der Waals surface area contributed by atoms with Gasteiger partial charge in [0.25, 0.3) is 10.0 Å². The maximum atomic E-state index is 12.4. The van der Waals surface area contributed by atoms with Crippen molar-refractivity contribution in [3.05, 3.63) is 17.5 Å². The number of rotatable bonds is 3. The minimum absolute atomic E-state index is 0.0112. The highest BCUT2D eigenvalue weighted by atomic mass is 32.2. The molecular formula is C14H23N3O3S2. The lowest BCUT2D eigenvalue weighted by atomic mass is 10.1. The van der Waals surface area contributed by atoms with Crippen molar-refractivity contribution in [3.63, 3.8) is 0 Å². The van der Waals surface area contributed by atoms with Crippen LogP contribution in [0.3, 0.4) is 0 Å². The predicted molar refractivity (Wildman–Crippen MR) is 87.5 cm³/mol. The van der Waals surface area contributed by atoms with E-state index in [1.54, 1.807) is 17.5 Å². The molecule has 2 N–H and O–H groups in total. The summed E-state index contributed by atoms with van der Waals surface area (Å²) in [5.41, 5.74) is -0.284. The number of urea groups is 1. The Balaban J connectivity index is 1.87. The first-order chi connectivity index (χ1) is 10.2. The van der Waals surface area contributed by atoms with E-state index in [1.165, 1.54) is 15.6 Å². The van der Waals surface area contributed by atoms with Gasteiger partial charge in [-0.15, -0.1) is 11.3 Å². The standard InChI is InChI=1S/C14H23N3O3S2/c1-14(2,3)16-13(18)15-11-6-8-17(9-7-11)22(19,20)12-5-4-10-21-12/h4-5,10-11H,6-9H2,1-3H3,(H2,15,16,18). The lowest BCUT2D eigenvalue weighted by Crippen LogP contribution is -2.52. The molecule has 1 aliphatic heterocycles. The van der Waals surface area contributed by atoms with Crippen molar-refractivity contribution in [2.75, 3.05) is 13.1 Å². The molecule has 1 aliphatic rings. The summed E-state index contributed by atoms with van der Waals surface area (Å²) in [6.45, 7) is 6.62. The van der Waals surface area contributed by atoms with Crippen molar-refractivity contribution in [3.8, 4) is 0 Å². The molecule has 22 heavy (non-hydrogen) atoms.